The first kappa shape index (κ1) is 34.4. The van der Waals surface area contributed by atoms with E-state index in [-0.39, 0.29) is 39.6 Å². The third-order valence-electron chi connectivity index (χ3n) is 7.00. The lowest BCUT2D eigenvalue weighted by Gasteiger charge is -2.24. The highest BCUT2D eigenvalue weighted by atomic mass is 32.1. The van der Waals surface area contributed by atoms with E-state index in [1.165, 1.54) is 48.8 Å². The van der Waals surface area contributed by atoms with Gasteiger partial charge in [-0.15, -0.1) is 0 Å². The maximum Gasteiger partial charge on any atom is 0.469 e. The van der Waals surface area contributed by atoms with Crippen LogP contribution in [-0.4, -0.2) is 25.7 Å². The predicted octanol–water partition coefficient (Wildman–Crippen LogP) is 8.85. The molecule has 0 saturated heterocycles. The molecular formula is C31H32F4N3O5PS. The zero-order valence-corrected chi connectivity index (χ0v) is 26.0. The summed E-state index contributed by atoms with van der Waals surface area (Å²) in [4.78, 5) is 41.6. The summed E-state index contributed by atoms with van der Waals surface area (Å²) in [6, 6.07) is 12.3. The second-order valence-corrected chi connectivity index (χ2v) is 12.4. The van der Waals surface area contributed by atoms with Gasteiger partial charge in [0, 0.05) is 23.5 Å². The van der Waals surface area contributed by atoms with Crippen molar-refractivity contribution in [2.75, 3.05) is 4.90 Å². The van der Waals surface area contributed by atoms with Crippen LogP contribution in [0.15, 0.2) is 67.0 Å². The number of rotatable bonds is 14. The highest BCUT2D eigenvalue weighted by Crippen LogP contribution is 2.41. The summed E-state index contributed by atoms with van der Waals surface area (Å²) in [7, 11) is -4.92. The Morgan fingerprint density at radius 1 is 1.00 bits per heavy atom. The Bertz CT molecular complexity index is 1650. The first-order chi connectivity index (χ1) is 21.4. The molecule has 2 heterocycles. The fourth-order valence-electron chi connectivity index (χ4n) is 4.79. The summed E-state index contributed by atoms with van der Waals surface area (Å²) >= 11 is 0.462. The number of aryl methyl sites for hydroxylation is 1. The summed E-state index contributed by atoms with van der Waals surface area (Å²) in [6.07, 6.45) is 3.71. The van der Waals surface area contributed by atoms with Crippen molar-refractivity contribution in [3.63, 3.8) is 0 Å². The van der Waals surface area contributed by atoms with Crippen molar-refractivity contribution in [1.29, 1.82) is 0 Å². The van der Waals surface area contributed by atoms with Gasteiger partial charge in [0.2, 0.25) is 5.13 Å². The number of nitrogens with zero attached hydrogens (tertiary/aromatic N) is 3. The van der Waals surface area contributed by atoms with Gasteiger partial charge in [-0.2, -0.15) is 17.6 Å². The average molecular weight is 666 g/mol. The Hall–Kier alpha value is -3.48. The third kappa shape index (κ3) is 9.27. The molecule has 2 aromatic heterocycles. The van der Waals surface area contributed by atoms with E-state index in [0.29, 0.717) is 23.3 Å². The molecule has 2 aromatic carbocycles. The molecule has 4 aromatic rings. The van der Waals surface area contributed by atoms with Gasteiger partial charge in [0.05, 0.1) is 17.9 Å². The van der Waals surface area contributed by atoms with E-state index in [0.717, 1.165) is 43.1 Å². The molecule has 0 fully saturated rings. The molecule has 0 aliphatic carbocycles. The minimum Gasteiger partial charge on any atom is -0.303 e. The molecule has 0 aliphatic heterocycles. The van der Waals surface area contributed by atoms with E-state index < -0.39 is 37.2 Å². The average Bonchev–Trinajstić information content (AvgIpc) is 3.38. The number of pyridine rings is 1. The number of phosphoric acid groups is 1. The molecule has 0 aliphatic rings. The van der Waals surface area contributed by atoms with Gasteiger partial charge in [-0.25, -0.2) is 9.55 Å². The molecule has 0 saturated carbocycles. The van der Waals surface area contributed by atoms with Crippen LogP contribution in [0, 0.1) is 5.13 Å². The summed E-state index contributed by atoms with van der Waals surface area (Å²) < 4.78 is 74.4. The summed E-state index contributed by atoms with van der Waals surface area (Å²) in [5, 5.41) is -1.04. The molecule has 4 rings (SSSR count). The van der Waals surface area contributed by atoms with Crippen LogP contribution >= 0.6 is 19.2 Å². The lowest BCUT2D eigenvalue weighted by Crippen LogP contribution is -2.27. The molecule has 1 amide bonds. The van der Waals surface area contributed by atoms with Crippen molar-refractivity contribution < 1.29 is 41.2 Å². The first-order valence-electron chi connectivity index (χ1n) is 14.3. The second kappa shape index (κ2) is 15.2. The SMILES string of the molecule is CCCCCCCCc1ccc(N(C(=O)c2ccccc2COP(=O)(O)O)c2nc(-c3cccnc3)c(F)s2)cc1C(F)(F)F. The number of aromatic nitrogens is 2. The number of halogens is 4. The van der Waals surface area contributed by atoms with Crippen LogP contribution in [0.1, 0.15) is 72.5 Å². The van der Waals surface area contributed by atoms with Gasteiger partial charge in [0.15, 0.2) is 5.13 Å². The number of thiazole rings is 1. The van der Waals surface area contributed by atoms with Gasteiger partial charge in [-0.3, -0.25) is 19.2 Å². The number of benzene rings is 2. The van der Waals surface area contributed by atoms with E-state index in [1.807, 2.05) is 0 Å². The Morgan fingerprint density at radius 2 is 1.73 bits per heavy atom. The number of carbonyl (C=O) groups is 1. The van der Waals surface area contributed by atoms with Crippen LogP contribution in [0.4, 0.5) is 28.4 Å². The monoisotopic (exact) mass is 665 g/mol. The molecule has 0 spiro atoms. The first-order valence-corrected chi connectivity index (χ1v) is 16.6. The van der Waals surface area contributed by atoms with Crippen LogP contribution in [0.2, 0.25) is 0 Å². The van der Waals surface area contributed by atoms with Gasteiger partial charge >= 0.3 is 14.0 Å². The quantitative estimate of drug-likeness (QED) is 0.0786. The Kier molecular flexibility index (Phi) is 11.6. The number of hydrogen-bond acceptors (Lipinski definition) is 6. The predicted molar refractivity (Wildman–Crippen MR) is 164 cm³/mol. The van der Waals surface area contributed by atoms with Crippen LogP contribution in [0.3, 0.4) is 0 Å². The van der Waals surface area contributed by atoms with E-state index in [9.17, 15) is 32.3 Å². The van der Waals surface area contributed by atoms with E-state index in [4.69, 9.17) is 0 Å². The molecule has 8 nitrogen and oxygen atoms in total. The summed E-state index contributed by atoms with van der Waals surface area (Å²) in [5.74, 6) is -0.900. The normalized spacial score (nSPS) is 12.0. The Labute approximate surface area is 262 Å². The Balaban J connectivity index is 1.79. The number of hydrogen-bond donors (Lipinski definition) is 2. The lowest BCUT2D eigenvalue weighted by atomic mass is 9.98. The van der Waals surface area contributed by atoms with Crippen LogP contribution in [0.25, 0.3) is 11.3 Å². The molecule has 14 heteroatoms. The van der Waals surface area contributed by atoms with Gasteiger partial charge < -0.3 is 9.79 Å². The molecule has 0 bridgehead atoms. The number of amides is 1. The standard InChI is InChI=1S/C31H32F4N3O5PS/c1-2-3-4-5-6-7-11-21-15-16-24(18-26(21)31(33,34)35)38(30-37-27(28(32)45-30)22-13-10-17-36-19-22)29(39)25-14-9-8-12-23(25)20-43-44(40,41)42/h8-10,12-19H,2-7,11,20H2,1H3,(H2,40,41,42). The van der Waals surface area contributed by atoms with Crippen molar-refractivity contribution in [2.45, 2.75) is 64.7 Å². The van der Waals surface area contributed by atoms with Crippen molar-refractivity contribution >= 4 is 35.9 Å². The fourth-order valence-corrected chi connectivity index (χ4v) is 5.94. The molecule has 2 N–H and O–H groups in total. The van der Waals surface area contributed by atoms with Gasteiger partial charge in [0.1, 0.15) is 5.69 Å². The van der Waals surface area contributed by atoms with Crippen LogP contribution in [-0.2, 0) is 28.3 Å². The maximum atomic E-state index is 15.3. The molecule has 0 atom stereocenters. The van der Waals surface area contributed by atoms with Crippen LogP contribution in [0.5, 0.6) is 0 Å². The van der Waals surface area contributed by atoms with Crippen LogP contribution < -0.4 is 4.90 Å². The zero-order chi connectivity index (χ0) is 32.6. The highest BCUT2D eigenvalue weighted by molar-refractivity contribution is 7.46. The van der Waals surface area contributed by atoms with Crippen molar-refractivity contribution in [1.82, 2.24) is 9.97 Å². The molecule has 45 heavy (non-hydrogen) atoms. The summed E-state index contributed by atoms with van der Waals surface area (Å²) in [6.45, 7) is 1.41. The lowest BCUT2D eigenvalue weighted by molar-refractivity contribution is -0.138. The number of anilines is 2. The van der Waals surface area contributed by atoms with E-state index >= 15 is 4.39 Å². The zero-order valence-electron chi connectivity index (χ0n) is 24.3. The number of carbonyl (C=O) groups excluding carboxylic acids is 1. The van der Waals surface area contributed by atoms with E-state index in [2.05, 4.69) is 21.4 Å². The number of alkyl halides is 3. The van der Waals surface area contributed by atoms with Gasteiger partial charge in [-0.05, 0) is 54.3 Å². The second-order valence-electron chi connectivity index (χ2n) is 10.3. The maximum absolute atomic E-state index is 15.3. The van der Waals surface area contributed by atoms with Gasteiger partial charge in [0.25, 0.3) is 5.91 Å². The molecule has 0 radical (unpaired) electrons. The fraction of sp³-hybridized carbons (Fsp3) is 0.323. The third-order valence-corrected chi connectivity index (χ3v) is 8.29. The molecular weight excluding hydrogens is 633 g/mol. The molecule has 240 valence electrons. The smallest absolute Gasteiger partial charge is 0.303 e. The number of phosphoric ester groups is 1. The number of unbranched alkanes of at least 4 members (excludes halogenated alkanes) is 5. The highest BCUT2D eigenvalue weighted by Gasteiger charge is 2.35. The summed E-state index contributed by atoms with van der Waals surface area (Å²) in [5.41, 5.74) is -0.984. The van der Waals surface area contributed by atoms with Crippen molar-refractivity contribution in [2.24, 2.45) is 0 Å². The minimum absolute atomic E-state index is 0.0519. The van der Waals surface area contributed by atoms with Crippen molar-refractivity contribution in [3.05, 3.63) is 94.4 Å². The minimum atomic E-state index is -4.92. The van der Waals surface area contributed by atoms with Crippen molar-refractivity contribution in [3.8, 4) is 11.3 Å². The topological polar surface area (TPSA) is 113 Å². The van der Waals surface area contributed by atoms with E-state index in [1.54, 1.807) is 12.1 Å². The van der Waals surface area contributed by atoms with Gasteiger partial charge in [-0.1, -0.05) is 74.6 Å². The Morgan fingerprint density at radius 3 is 2.42 bits per heavy atom. The largest absolute Gasteiger partial charge is 0.469 e. The molecule has 0 unspecified atom stereocenters.